The average Bonchev–Trinajstić information content (AvgIpc) is 3.20. The molecule has 0 aliphatic carbocycles. The molecule has 0 saturated carbocycles. The van der Waals surface area contributed by atoms with Crippen molar-refractivity contribution in [2.45, 2.75) is 11.3 Å². The fourth-order valence-electron chi connectivity index (χ4n) is 3.20. The van der Waals surface area contributed by atoms with Gasteiger partial charge in [-0.3, -0.25) is 0 Å². The van der Waals surface area contributed by atoms with Crippen LogP contribution >= 0.6 is 11.8 Å². The SMILES string of the molecule is COC(=O)C1=C(CSc2nc3ccccc3o2)NC(=O)N[C@@H]1c1cccc(OC)c1. The lowest BCUT2D eigenvalue weighted by Crippen LogP contribution is -2.46. The first-order chi connectivity index (χ1) is 14.6. The number of nitrogens with one attached hydrogen (secondary N) is 2. The van der Waals surface area contributed by atoms with E-state index in [1.54, 1.807) is 25.3 Å². The molecule has 30 heavy (non-hydrogen) atoms. The van der Waals surface area contributed by atoms with Gasteiger partial charge in [0.2, 0.25) is 0 Å². The van der Waals surface area contributed by atoms with Gasteiger partial charge in [-0.25, -0.2) is 14.6 Å². The van der Waals surface area contributed by atoms with E-state index in [2.05, 4.69) is 15.6 Å². The minimum Gasteiger partial charge on any atom is -0.497 e. The van der Waals surface area contributed by atoms with Crippen LogP contribution in [0.3, 0.4) is 0 Å². The first kappa shape index (κ1) is 19.8. The Kier molecular flexibility index (Phi) is 5.62. The van der Waals surface area contributed by atoms with Crippen LogP contribution in [0.15, 0.2) is 69.4 Å². The molecule has 2 amide bonds. The number of nitrogens with zero attached hydrogens (tertiary/aromatic N) is 1. The molecule has 3 aromatic rings. The number of amides is 2. The second-order valence-electron chi connectivity index (χ2n) is 6.43. The van der Waals surface area contributed by atoms with Crippen LogP contribution in [0.4, 0.5) is 4.79 Å². The number of carbonyl (C=O) groups excluding carboxylic acids is 2. The van der Waals surface area contributed by atoms with Crippen molar-refractivity contribution in [2.75, 3.05) is 20.0 Å². The highest BCUT2D eigenvalue weighted by atomic mass is 32.2. The predicted molar refractivity (Wildman–Crippen MR) is 111 cm³/mol. The minimum absolute atomic E-state index is 0.269. The summed E-state index contributed by atoms with van der Waals surface area (Å²) in [5.41, 5.74) is 2.87. The standard InChI is InChI=1S/C21H19N3O5S/c1-27-13-7-5-6-12(10-13)18-17(19(25)28-2)15(22-20(26)24-18)11-30-21-23-14-8-3-4-9-16(14)29-21/h3-10,18H,11H2,1-2H3,(H2,22,24,26)/t18-/m1/s1. The Morgan fingerprint density at radius 3 is 2.80 bits per heavy atom. The van der Waals surface area contributed by atoms with Crippen molar-refractivity contribution >= 4 is 34.9 Å². The van der Waals surface area contributed by atoms with Crippen LogP contribution < -0.4 is 15.4 Å². The Labute approximate surface area is 176 Å². The normalized spacial score (nSPS) is 16.2. The molecule has 0 spiro atoms. The van der Waals surface area contributed by atoms with Gasteiger partial charge < -0.3 is 24.5 Å². The number of hydrogen-bond acceptors (Lipinski definition) is 7. The van der Waals surface area contributed by atoms with Gasteiger partial charge in [-0.1, -0.05) is 36.0 Å². The van der Waals surface area contributed by atoms with Crippen molar-refractivity contribution < 1.29 is 23.5 Å². The lowest BCUT2D eigenvalue weighted by Gasteiger charge is -2.29. The molecule has 2 heterocycles. The molecular weight excluding hydrogens is 406 g/mol. The smallest absolute Gasteiger partial charge is 0.338 e. The third kappa shape index (κ3) is 3.97. The quantitative estimate of drug-likeness (QED) is 0.461. The van der Waals surface area contributed by atoms with Crippen LogP contribution in [0.5, 0.6) is 5.75 Å². The number of esters is 1. The van der Waals surface area contributed by atoms with Crippen LogP contribution in [0, 0.1) is 0 Å². The van der Waals surface area contributed by atoms with E-state index in [1.807, 2.05) is 30.3 Å². The van der Waals surface area contributed by atoms with E-state index in [4.69, 9.17) is 13.9 Å². The van der Waals surface area contributed by atoms with Crippen molar-refractivity contribution in [3.05, 3.63) is 65.4 Å². The number of thioether (sulfide) groups is 1. The topological polar surface area (TPSA) is 103 Å². The third-order valence-electron chi connectivity index (χ3n) is 4.60. The number of para-hydroxylation sites is 2. The van der Waals surface area contributed by atoms with Crippen LogP contribution in [0.25, 0.3) is 11.1 Å². The molecule has 1 aromatic heterocycles. The number of oxazole rings is 1. The minimum atomic E-state index is -0.680. The summed E-state index contributed by atoms with van der Waals surface area (Å²) in [6, 6.07) is 13.5. The largest absolute Gasteiger partial charge is 0.497 e. The summed E-state index contributed by atoms with van der Waals surface area (Å²) >= 11 is 1.28. The number of urea groups is 1. The number of hydrogen-bond donors (Lipinski definition) is 2. The van der Waals surface area contributed by atoms with Crippen LogP contribution in [0.2, 0.25) is 0 Å². The third-order valence-corrected chi connectivity index (χ3v) is 5.45. The van der Waals surface area contributed by atoms with Crippen molar-refractivity contribution in [1.82, 2.24) is 15.6 Å². The number of benzene rings is 2. The lowest BCUT2D eigenvalue weighted by atomic mass is 9.95. The molecule has 154 valence electrons. The molecular formula is C21H19N3O5S. The molecule has 4 rings (SSSR count). The molecule has 1 aliphatic rings. The van der Waals surface area contributed by atoms with Crippen LogP contribution in [-0.4, -0.2) is 37.0 Å². The van der Waals surface area contributed by atoms with Gasteiger partial charge in [0.15, 0.2) is 5.58 Å². The number of carbonyl (C=O) groups is 2. The van der Waals surface area contributed by atoms with Gasteiger partial charge in [-0.2, -0.15) is 0 Å². The zero-order valence-corrected chi connectivity index (χ0v) is 17.1. The van der Waals surface area contributed by atoms with Gasteiger partial charge in [-0.15, -0.1) is 0 Å². The summed E-state index contributed by atoms with van der Waals surface area (Å²) in [4.78, 5) is 29.4. The number of aromatic nitrogens is 1. The molecule has 0 radical (unpaired) electrons. The summed E-state index contributed by atoms with van der Waals surface area (Å²) < 4.78 is 16.0. The molecule has 0 bridgehead atoms. The van der Waals surface area contributed by atoms with E-state index in [0.717, 1.165) is 5.52 Å². The second-order valence-corrected chi connectivity index (χ2v) is 7.35. The highest BCUT2D eigenvalue weighted by molar-refractivity contribution is 7.99. The molecule has 0 saturated heterocycles. The monoisotopic (exact) mass is 425 g/mol. The Morgan fingerprint density at radius 2 is 2.03 bits per heavy atom. The summed E-state index contributed by atoms with van der Waals surface area (Å²) in [5.74, 6) is 0.348. The van der Waals surface area contributed by atoms with E-state index in [1.165, 1.54) is 18.9 Å². The maximum absolute atomic E-state index is 12.6. The Morgan fingerprint density at radius 1 is 1.20 bits per heavy atom. The molecule has 2 aromatic carbocycles. The maximum atomic E-state index is 12.6. The molecule has 1 atom stereocenters. The number of methoxy groups -OCH3 is 2. The van der Waals surface area contributed by atoms with Gasteiger partial charge >= 0.3 is 12.0 Å². The van der Waals surface area contributed by atoms with E-state index < -0.39 is 18.0 Å². The Hall–Kier alpha value is -3.46. The van der Waals surface area contributed by atoms with Gasteiger partial charge in [-0.05, 0) is 29.8 Å². The van der Waals surface area contributed by atoms with E-state index >= 15 is 0 Å². The second kappa shape index (κ2) is 8.50. The molecule has 9 heteroatoms. The number of ether oxygens (including phenoxy) is 2. The van der Waals surface area contributed by atoms with Crippen LogP contribution in [-0.2, 0) is 9.53 Å². The molecule has 0 fully saturated rings. The van der Waals surface area contributed by atoms with E-state index in [-0.39, 0.29) is 5.75 Å². The van der Waals surface area contributed by atoms with Crippen molar-refractivity contribution in [1.29, 1.82) is 0 Å². The summed E-state index contributed by atoms with van der Waals surface area (Å²) in [6.07, 6.45) is 0. The fourth-order valence-corrected chi connectivity index (χ4v) is 4.01. The highest BCUT2D eigenvalue weighted by Gasteiger charge is 2.33. The zero-order valence-electron chi connectivity index (χ0n) is 16.3. The van der Waals surface area contributed by atoms with Crippen LogP contribution in [0.1, 0.15) is 11.6 Å². The Balaban J connectivity index is 1.68. The Bertz CT molecular complexity index is 1110. The summed E-state index contributed by atoms with van der Waals surface area (Å²) in [7, 11) is 2.86. The van der Waals surface area contributed by atoms with Gasteiger partial charge in [0.25, 0.3) is 5.22 Å². The van der Waals surface area contributed by atoms with Crippen molar-refractivity contribution in [2.24, 2.45) is 0 Å². The van der Waals surface area contributed by atoms with Crippen molar-refractivity contribution in [3.63, 3.8) is 0 Å². The molecule has 1 aliphatic heterocycles. The molecule has 2 N–H and O–H groups in total. The zero-order chi connectivity index (χ0) is 21.1. The maximum Gasteiger partial charge on any atom is 0.338 e. The predicted octanol–water partition coefficient (Wildman–Crippen LogP) is 3.41. The molecule has 0 unspecified atom stereocenters. The molecule has 8 nitrogen and oxygen atoms in total. The number of rotatable bonds is 6. The highest BCUT2D eigenvalue weighted by Crippen LogP contribution is 2.32. The fraction of sp³-hybridized carbons (Fsp3) is 0.190. The first-order valence-corrected chi connectivity index (χ1v) is 10.1. The first-order valence-electron chi connectivity index (χ1n) is 9.10. The average molecular weight is 425 g/mol. The number of fused-ring (bicyclic) bond motifs is 1. The van der Waals surface area contributed by atoms with E-state index in [9.17, 15) is 9.59 Å². The van der Waals surface area contributed by atoms with Crippen molar-refractivity contribution in [3.8, 4) is 5.75 Å². The van der Waals surface area contributed by atoms with Gasteiger partial charge in [0.05, 0.1) is 25.8 Å². The van der Waals surface area contributed by atoms with Gasteiger partial charge in [0.1, 0.15) is 11.3 Å². The summed E-state index contributed by atoms with van der Waals surface area (Å²) in [5, 5.41) is 5.95. The summed E-state index contributed by atoms with van der Waals surface area (Å²) in [6.45, 7) is 0. The van der Waals surface area contributed by atoms with Gasteiger partial charge in [0, 0.05) is 11.4 Å². The lowest BCUT2D eigenvalue weighted by molar-refractivity contribution is -0.136. The van der Waals surface area contributed by atoms with E-state index in [0.29, 0.717) is 33.4 Å².